The van der Waals surface area contributed by atoms with E-state index in [4.69, 9.17) is 0 Å². The van der Waals surface area contributed by atoms with Crippen LogP contribution in [0, 0.1) is 0 Å². The minimum atomic E-state index is -2.61. The van der Waals surface area contributed by atoms with E-state index in [1.807, 2.05) is 0 Å². The number of nitrogens with one attached hydrogen (secondary N) is 1. The second kappa shape index (κ2) is 2.82. The molecule has 0 saturated heterocycles. The Morgan fingerprint density at radius 3 is 2.64 bits per heavy atom. The van der Waals surface area contributed by atoms with Crippen molar-refractivity contribution < 1.29 is 13.6 Å². The van der Waals surface area contributed by atoms with Gasteiger partial charge in [-0.15, -0.1) is 0 Å². The fourth-order valence-electron chi connectivity index (χ4n) is 0.870. The minimum absolute atomic E-state index is 0.0694. The zero-order chi connectivity index (χ0) is 8.43. The Hall–Kier alpha value is -1.19. The standard InChI is InChI=1S/C7H7F2NO/c1-4(11)5-2-3-10-6(5)7(8)9/h2-3,7,10H,1H3. The monoisotopic (exact) mass is 159 g/mol. The van der Waals surface area contributed by atoms with Gasteiger partial charge in [0.25, 0.3) is 6.43 Å². The summed E-state index contributed by atoms with van der Waals surface area (Å²) in [7, 11) is 0. The van der Waals surface area contributed by atoms with Gasteiger partial charge in [0.15, 0.2) is 5.78 Å². The Bertz CT molecular complexity index is 267. The topological polar surface area (TPSA) is 32.9 Å². The molecule has 0 bridgehead atoms. The third kappa shape index (κ3) is 1.45. The Kier molecular flexibility index (Phi) is 2.03. The fourth-order valence-corrected chi connectivity index (χ4v) is 0.870. The molecule has 0 amide bonds. The van der Waals surface area contributed by atoms with Gasteiger partial charge in [-0.1, -0.05) is 0 Å². The number of aromatic amines is 1. The van der Waals surface area contributed by atoms with Gasteiger partial charge in [-0.3, -0.25) is 4.79 Å². The Morgan fingerprint density at radius 2 is 2.27 bits per heavy atom. The van der Waals surface area contributed by atoms with Crippen molar-refractivity contribution in [3.63, 3.8) is 0 Å². The molecule has 0 fully saturated rings. The molecule has 0 spiro atoms. The second-order valence-corrected chi connectivity index (χ2v) is 2.16. The maximum atomic E-state index is 12.0. The molecule has 1 heterocycles. The lowest BCUT2D eigenvalue weighted by atomic mass is 10.2. The molecule has 1 aromatic rings. The van der Waals surface area contributed by atoms with Gasteiger partial charge < -0.3 is 4.98 Å². The van der Waals surface area contributed by atoms with Crippen LogP contribution in [0.3, 0.4) is 0 Å². The van der Waals surface area contributed by atoms with E-state index < -0.39 is 6.43 Å². The molecule has 4 heteroatoms. The highest BCUT2D eigenvalue weighted by atomic mass is 19.3. The third-order valence-corrected chi connectivity index (χ3v) is 1.38. The lowest BCUT2D eigenvalue weighted by Gasteiger charge is -1.97. The molecule has 0 saturated carbocycles. The lowest BCUT2D eigenvalue weighted by molar-refractivity contribution is 0.0997. The van der Waals surface area contributed by atoms with Gasteiger partial charge in [-0.2, -0.15) is 0 Å². The summed E-state index contributed by atoms with van der Waals surface area (Å²) in [4.78, 5) is 13.0. The summed E-state index contributed by atoms with van der Waals surface area (Å²) in [5, 5.41) is 0. The van der Waals surface area contributed by atoms with Crippen LogP contribution in [-0.2, 0) is 0 Å². The third-order valence-electron chi connectivity index (χ3n) is 1.38. The largest absolute Gasteiger partial charge is 0.360 e. The van der Waals surface area contributed by atoms with Crippen LogP contribution in [0.1, 0.15) is 29.4 Å². The quantitative estimate of drug-likeness (QED) is 0.659. The molecule has 1 N–H and O–H groups in total. The molecule has 1 aromatic heterocycles. The molecule has 0 aliphatic rings. The van der Waals surface area contributed by atoms with Crippen molar-refractivity contribution in [2.45, 2.75) is 13.3 Å². The molecule has 2 nitrogen and oxygen atoms in total. The predicted octanol–water partition coefficient (Wildman–Crippen LogP) is 2.15. The van der Waals surface area contributed by atoms with Crippen LogP contribution in [0.5, 0.6) is 0 Å². The average molecular weight is 159 g/mol. The van der Waals surface area contributed by atoms with Gasteiger partial charge in [-0.05, 0) is 13.0 Å². The van der Waals surface area contributed by atoms with E-state index in [2.05, 4.69) is 4.98 Å². The summed E-state index contributed by atoms with van der Waals surface area (Å²) < 4.78 is 24.1. The van der Waals surface area contributed by atoms with E-state index in [0.29, 0.717) is 0 Å². The highest BCUT2D eigenvalue weighted by Crippen LogP contribution is 2.20. The Morgan fingerprint density at radius 1 is 1.64 bits per heavy atom. The zero-order valence-corrected chi connectivity index (χ0v) is 5.90. The molecule has 0 atom stereocenters. The first-order valence-corrected chi connectivity index (χ1v) is 3.09. The van der Waals surface area contributed by atoms with E-state index in [-0.39, 0.29) is 17.0 Å². The summed E-state index contributed by atoms with van der Waals surface area (Å²) in [6, 6.07) is 1.35. The first-order chi connectivity index (χ1) is 5.13. The van der Waals surface area contributed by atoms with Crippen molar-refractivity contribution in [2.24, 2.45) is 0 Å². The first kappa shape index (κ1) is 7.91. The number of carbonyl (C=O) groups excluding carboxylic acids is 1. The number of hydrogen-bond donors (Lipinski definition) is 1. The van der Waals surface area contributed by atoms with E-state index in [0.717, 1.165) is 0 Å². The summed E-state index contributed by atoms with van der Waals surface area (Å²) in [5.41, 5.74) is -0.225. The second-order valence-electron chi connectivity index (χ2n) is 2.16. The van der Waals surface area contributed by atoms with Gasteiger partial charge in [0.05, 0.1) is 5.69 Å². The van der Waals surface area contributed by atoms with Crippen molar-refractivity contribution in [3.8, 4) is 0 Å². The summed E-state index contributed by atoms with van der Waals surface area (Å²) in [6.45, 7) is 1.26. The van der Waals surface area contributed by atoms with Crippen LogP contribution >= 0.6 is 0 Å². The summed E-state index contributed by atoms with van der Waals surface area (Å²) in [6.07, 6.45) is -1.28. The Balaban J connectivity index is 3.06. The summed E-state index contributed by atoms with van der Waals surface area (Å²) >= 11 is 0. The molecule has 0 aliphatic heterocycles. The SMILES string of the molecule is CC(=O)c1cc[nH]c1C(F)F. The van der Waals surface area contributed by atoms with E-state index >= 15 is 0 Å². The van der Waals surface area contributed by atoms with Crippen molar-refractivity contribution in [1.82, 2.24) is 4.98 Å². The first-order valence-electron chi connectivity index (χ1n) is 3.09. The maximum absolute atomic E-state index is 12.0. The van der Waals surface area contributed by atoms with E-state index in [1.165, 1.54) is 19.2 Å². The fraction of sp³-hybridized carbons (Fsp3) is 0.286. The van der Waals surface area contributed by atoms with Crippen molar-refractivity contribution in [1.29, 1.82) is 0 Å². The lowest BCUT2D eigenvalue weighted by Crippen LogP contribution is -1.96. The van der Waals surface area contributed by atoms with Crippen molar-refractivity contribution >= 4 is 5.78 Å². The Labute approximate surface area is 62.2 Å². The number of Topliss-reactive ketones (excluding diaryl/α,β-unsaturated/α-hetero) is 1. The highest BCUT2D eigenvalue weighted by Gasteiger charge is 2.16. The van der Waals surface area contributed by atoms with Crippen LogP contribution in [0.2, 0.25) is 0 Å². The number of H-pyrrole nitrogens is 1. The van der Waals surface area contributed by atoms with Crippen LogP contribution in [0.25, 0.3) is 0 Å². The molecule has 60 valence electrons. The number of rotatable bonds is 2. The summed E-state index contributed by atoms with van der Waals surface area (Å²) in [5.74, 6) is -0.346. The number of alkyl halides is 2. The molecule has 0 unspecified atom stereocenters. The zero-order valence-electron chi connectivity index (χ0n) is 5.90. The normalized spacial score (nSPS) is 10.5. The van der Waals surface area contributed by atoms with Gasteiger partial charge >= 0.3 is 0 Å². The number of ketones is 1. The maximum Gasteiger partial charge on any atom is 0.278 e. The minimum Gasteiger partial charge on any atom is -0.360 e. The molecule has 0 radical (unpaired) electrons. The van der Waals surface area contributed by atoms with Crippen molar-refractivity contribution in [2.75, 3.05) is 0 Å². The van der Waals surface area contributed by atoms with Crippen LogP contribution in [0.4, 0.5) is 8.78 Å². The van der Waals surface area contributed by atoms with Gasteiger partial charge in [0, 0.05) is 11.8 Å². The number of hydrogen-bond acceptors (Lipinski definition) is 1. The molecule has 11 heavy (non-hydrogen) atoms. The van der Waals surface area contributed by atoms with Crippen LogP contribution < -0.4 is 0 Å². The molecule has 0 aliphatic carbocycles. The molecular formula is C7H7F2NO. The van der Waals surface area contributed by atoms with E-state index in [9.17, 15) is 13.6 Å². The van der Waals surface area contributed by atoms with E-state index in [1.54, 1.807) is 0 Å². The average Bonchev–Trinajstić information content (AvgIpc) is 2.32. The van der Waals surface area contributed by atoms with Crippen molar-refractivity contribution in [3.05, 3.63) is 23.5 Å². The number of aromatic nitrogens is 1. The number of carbonyl (C=O) groups is 1. The molecule has 1 rings (SSSR count). The van der Waals surface area contributed by atoms with Gasteiger partial charge in [-0.25, -0.2) is 8.78 Å². The van der Waals surface area contributed by atoms with Gasteiger partial charge in [0.2, 0.25) is 0 Å². The predicted molar refractivity (Wildman–Crippen MR) is 35.8 cm³/mol. The molecular weight excluding hydrogens is 152 g/mol. The van der Waals surface area contributed by atoms with Gasteiger partial charge in [0.1, 0.15) is 0 Å². The molecule has 0 aromatic carbocycles. The van der Waals surface area contributed by atoms with Crippen LogP contribution in [-0.4, -0.2) is 10.8 Å². The number of halogens is 2. The smallest absolute Gasteiger partial charge is 0.278 e. The highest BCUT2D eigenvalue weighted by molar-refractivity contribution is 5.95. The van der Waals surface area contributed by atoms with Crippen LogP contribution in [0.15, 0.2) is 12.3 Å².